The smallest absolute Gasteiger partial charge is 0.336 e. The summed E-state index contributed by atoms with van der Waals surface area (Å²) in [6, 6.07) is -4.95. The molecule has 1 aliphatic rings. The SMILES string of the molecule is COc1ccc2c(CC(=O)N[C@@H](CCCN=C(N)N)C(=O)N3CCCC3C(=O)N[C@@H](CC(C)C)C(=O)NCC(=O)N[C@@H](CC(C)C)C(=O)N[C@H](CNc3ccc([N+](=O)[O-])cc3[N+](=O)[O-])C(=O)N[C@@H](C)C(=O)N[C@H](CCCN=C(N)N)C(=O)N[C@@H](CCC(=O)O)C(=O)N[C@H](CCCN=C(N)N)C(N)=O)cc(=O)oc2c1. The third-order valence-electron chi connectivity index (χ3n) is 16.7. The first-order valence-electron chi connectivity index (χ1n) is 34.8. The van der Waals surface area contributed by atoms with E-state index in [4.69, 9.17) is 49.3 Å². The minimum absolute atomic E-state index is 0.00815. The summed E-state index contributed by atoms with van der Waals surface area (Å²) >= 11 is 0. The largest absolute Gasteiger partial charge is 0.497 e. The molecule has 0 aliphatic carbocycles. The molecule has 0 bridgehead atoms. The molecule has 3 aromatic rings. The van der Waals surface area contributed by atoms with Crippen molar-refractivity contribution in [2.24, 2.45) is 66.9 Å². The number of aliphatic carboxylic acids is 1. The van der Waals surface area contributed by atoms with Crippen LogP contribution in [0.1, 0.15) is 117 Å². The summed E-state index contributed by atoms with van der Waals surface area (Å²) in [5.74, 6) is -12.7. The van der Waals surface area contributed by atoms with Crippen LogP contribution in [-0.4, -0.2) is 209 Å². The maximum atomic E-state index is 14.5. The second-order valence-corrected chi connectivity index (χ2v) is 26.4. The summed E-state index contributed by atoms with van der Waals surface area (Å²) in [5.41, 5.74) is 36.1. The Morgan fingerprint density at radius 1 is 0.606 bits per heavy atom. The highest BCUT2D eigenvalue weighted by Gasteiger charge is 2.40. The van der Waals surface area contributed by atoms with E-state index in [1.54, 1.807) is 39.8 Å². The van der Waals surface area contributed by atoms with Gasteiger partial charge in [0.2, 0.25) is 65.0 Å². The first-order chi connectivity index (χ1) is 51.4. The molecule has 4 rings (SSSR count). The normalized spacial score (nSPS) is 14.6. The van der Waals surface area contributed by atoms with Crippen molar-refractivity contribution in [2.45, 2.75) is 172 Å². The van der Waals surface area contributed by atoms with Gasteiger partial charge in [-0.05, 0) is 113 Å². The van der Waals surface area contributed by atoms with Crippen molar-refractivity contribution in [3.05, 3.63) is 78.7 Å². The Bertz CT molecular complexity index is 3930. The van der Waals surface area contributed by atoms with Gasteiger partial charge in [-0.3, -0.25) is 92.7 Å². The predicted octanol–water partition coefficient (Wildman–Crippen LogP) is -4.12. The fourth-order valence-corrected chi connectivity index (χ4v) is 11.3. The van der Waals surface area contributed by atoms with Crippen molar-refractivity contribution in [3.63, 3.8) is 0 Å². The van der Waals surface area contributed by atoms with Crippen molar-refractivity contribution >= 4 is 117 Å². The van der Waals surface area contributed by atoms with Crippen molar-refractivity contribution in [1.82, 2.24) is 52.8 Å². The molecule has 109 heavy (non-hydrogen) atoms. The van der Waals surface area contributed by atoms with Crippen molar-refractivity contribution < 1.29 is 81.6 Å². The van der Waals surface area contributed by atoms with E-state index in [0.29, 0.717) is 29.2 Å². The minimum Gasteiger partial charge on any atom is -0.497 e. The number of primary amides is 1. The van der Waals surface area contributed by atoms with Crippen LogP contribution < -0.4 is 104 Å². The number of carbonyl (C=O) groups excluding carboxylic acids is 11. The van der Waals surface area contributed by atoms with Crippen molar-refractivity contribution in [1.29, 1.82) is 0 Å². The third kappa shape index (κ3) is 30.5. The van der Waals surface area contributed by atoms with Crippen molar-refractivity contribution in [2.75, 3.05) is 51.7 Å². The van der Waals surface area contributed by atoms with Crippen LogP contribution in [0.4, 0.5) is 17.1 Å². The van der Waals surface area contributed by atoms with Gasteiger partial charge in [-0.2, -0.15) is 0 Å². The number of anilines is 1. The summed E-state index contributed by atoms with van der Waals surface area (Å²) in [6.45, 7) is 6.52. The summed E-state index contributed by atoms with van der Waals surface area (Å²) in [5, 5.41) is 58.9. The number of nitrogens with one attached hydrogen (secondary N) is 10. The zero-order chi connectivity index (χ0) is 81.4. The lowest BCUT2D eigenvalue weighted by Gasteiger charge is -2.30. The number of nitrogens with zero attached hydrogens (tertiary/aromatic N) is 6. The van der Waals surface area contributed by atoms with Crippen LogP contribution in [-0.2, 0) is 64.0 Å². The number of nitro benzene ring substituents is 2. The number of amides is 11. The number of carboxylic acids is 1. The van der Waals surface area contributed by atoms with Crippen LogP contribution in [0.5, 0.6) is 5.75 Å². The van der Waals surface area contributed by atoms with E-state index in [-0.39, 0.29) is 131 Å². The summed E-state index contributed by atoms with van der Waals surface area (Å²) in [4.78, 5) is 213. The highest BCUT2D eigenvalue weighted by molar-refractivity contribution is 5.99. The number of guanidine groups is 3. The van der Waals surface area contributed by atoms with Gasteiger partial charge in [0.25, 0.3) is 11.4 Å². The number of aliphatic imine (C=N–C) groups is 3. The zero-order valence-corrected chi connectivity index (χ0v) is 61.3. The van der Waals surface area contributed by atoms with Gasteiger partial charge in [0, 0.05) is 62.7 Å². The van der Waals surface area contributed by atoms with E-state index in [1.807, 2.05) is 0 Å². The molecule has 11 amide bonds. The average molecular weight is 1530 g/mol. The average Bonchev–Trinajstić information content (AvgIpc) is 1.80. The van der Waals surface area contributed by atoms with E-state index in [9.17, 15) is 87.7 Å². The van der Waals surface area contributed by atoms with Gasteiger partial charge in [0.1, 0.15) is 71.4 Å². The monoisotopic (exact) mass is 1530 g/mol. The fourth-order valence-electron chi connectivity index (χ4n) is 11.3. The van der Waals surface area contributed by atoms with E-state index >= 15 is 0 Å². The van der Waals surface area contributed by atoms with Crippen LogP contribution in [0.15, 0.2) is 66.7 Å². The number of methoxy groups -OCH3 is 1. The number of hydrogen-bond donors (Lipinski definition) is 18. The Balaban J connectivity index is 1.57. The van der Waals surface area contributed by atoms with Crippen LogP contribution in [0, 0.1) is 32.1 Å². The summed E-state index contributed by atoms with van der Waals surface area (Å²) < 4.78 is 10.6. The van der Waals surface area contributed by atoms with Crippen LogP contribution in [0.25, 0.3) is 11.0 Å². The lowest BCUT2D eigenvalue weighted by molar-refractivity contribution is -0.393. The number of carboxylic acid groups (broad SMARTS) is 1. The third-order valence-corrected chi connectivity index (χ3v) is 16.7. The highest BCUT2D eigenvalue weighted by Crippen LogP contribution is 2.30. The van der Waals surface area contributed by atoms with Gasteiger partial charge in [0.15, 0.2) is 17.9 Å². The van der Waals surface area contributed by atoms with Gasteiger partial charge in [0.05, 0.1) is 36.0 Å². The van der Waals surface area contributed by atoms with Gasteiger partial charge >= 0.3 is 11.6 Å². The summed E-state index contributed by atoms with van der Waals surface area (Å²) in [7, 11) is 1.43. The van der Waals surface area contributed by atoms with Crippen LogP contribution in [0.2, 0.25) is 0 Å². The first kappa shape index (κ1) is 88.9. The Morgan fingerprint density at radius 3 is 1.68 bits per heavy atom. The Hall–Kier alpha value is -12.5. The van der Waals surface area contributed by atoms with E-state index < -0.39 is 178 Å². The molecule has 2 aromatic carbocycles. The number of benzene rings is 2. The molecule has 43 heteroatoms. The highest BCUT2D eigenvalue weighted by atomic mass is 16.6. The number of likely N-dealkylation sites (tertiary alicyclic amines) is 1. The number of hydrogen-bond acceptors (Lipinski definition) is 23. The van der Waals surface area contributed by atoms with Crippen LogP contribution >= 0.6 is 0 Å². The number of ether oxygens (including phenoxy) is 1. The molecule has 0 radical (unpaired) electrons. The van der Waals surface area contributed by atoms with Gasteiger partial charge in [-0.25, -0.2) is 4.79 Å². The molecule has 2 heterocycles. The molecule has 598 valence electrons. The van der Waals surface area contributed by atoms with Crippen LogP contribution in [0.3, 0.4) is 0 Å². The van der Waals surface area contributed by atoms with E-state index in [0.717, 1.165) is 25.1 Å². The number of nitro groups is 2. The van der Waals surface area contributed by atoms with E-state index in [2.05, 4.69) is 68.1 Å². The molecule has 0 spiro atoms. The lowest BCUT2D eigenvalue weighted by atomic mass is 10.0. The number of non-ortho nitro benzene ring substituents is 1. The Morgan fingerprint density at radius 2 is 1.13 bits per heavy atom. The molecule has 1 unspecified atom stereocenters. The maximum absolute atomic E-state index is 14.5. The maximum Gasteiger partial charge on any atom is 0.336 e. The van der Waals surface area contributed by atoms with Gasteiger partial charge in [-0.1, -0.05) is 27.7 Å². The molecule has 1 fully saturated rings. The molecule has 1 aromatic heterocycles. The molecule has 1 saturated heterocycles. The fraction of sp³-hybridized carbons (Fsp3) is 0.545. The lowest BCUT2D eigenvalue weighted by Crippen LogP contribution is -2.60. The number of nitrogens with two attached hydrogens (primary N) is 7. The standard InChI is InChI=1S/C66H99N23O20/c1-33(2)25-45(85-62(102)48-14-10-24-87(48)63(103)44(13-9-23-76-66(72)73)80-51(90)27-36-28-54(94)109-50-30-38(108-6)16-17-39(36)50)57(97)78-32-52(91)81-46(26-34(3)4)60(100)86-47(31-77-40-18-15-37(88(104)105)29-49(40)89(106)107)61(101)79-35(5)56(96)83-42(12-8-22-75-65(70)71)58(98)84-43(19-20-53(92)93)59(99)82-41(55(67)95)11-7-21-74-64(68)69/h15-18,28-30,33-35,41-48,77H,7-14,19-27,31-32H2,1-6H3,(H2,67,95)(H,78,97)(H,79,101)(H,80,90)(H,81,91)(H,82,99)(H,83,96)(H,84,98)(H,85,102)(H,86,100)(H,92,93)(H4,68,69,74)(H4,70,71,75)(H4,72,73,76)/t35-,41+,42+,43-,44-,45-,46-,47+,48?/m0/s1. The van der Waals surface area contributed by atoms with Gasteiger partial charge < -0.3 is 112 Å². The van der Waals surface area contributed by atoms with Crippen molar-refractivity contribution in [3.8, 4) is 5.75 Å². The first-order valence-corrected chi connectivity index (χ1v) is 34.8. The Labute approximate surface area is 624 Å². The second-order valence-electron chi connectivity index (χ2n) is 26.4. The number of rotatable bonds is 46. The molecule has 9 atom stereocenters. The number of carbonyl (C=O) groups is 12. The number of fused-ring (bicyclic) bond motifs is 1. The Kier molecular flexibility index (Phi) is 35.7. The molecular formula is C66H99N23O20. The minimum atomic E-state index is -1.85. The molecular weight excluding hydrogens is 1430 g/mol. The molecule has 1 aliphatic heterocycles. The quantitative estimate of drug-likeness (QED) is 0.00638. The van der Waals surface area contributed by atoms with E-state index in [1.165, 1.54) is 18.1 Å². The molecule has 43 nitrogen and oxygen atoms in total. The topological polar surface area (TPSA) is 694 Å². The predicted molar refractivity (Wildman–Crippen MR) is 395 cm³/mol. The zero-order valence-electron chi connectivity index (χ0n) is 61.3. The second kappa shape index (κ2) is 43.8. The summed E-state index contributed by atoms with van der Waals surface area (Å²) in [6.07, 6.45) is -1.23. The van der Waals surface area contributed by atoms with Gasteiger partial charge in [-0.15, -0.1) is 0 Å². The molecule has 0 saturated carbocycles. The molecule has 25 N–H and O–H groups in total.